The van der Waals surface area contributed by atoms with Gasteiger partial charge in [-0.25, -0.2) is 9.97 Å². The smallest absolute Gasteiger partial charge is 0.160 e. The topological polar surface area (TPSA) is 43.2 Å². The zero-order valence-corrected chi connectivity index (χ0v) is 13.2. The number of likely N-dealkylation sites (tertiary alicyclic amines) is 1. The molecule has 2 atom stereocenters. The first-order valence-electron chi connectivity index (χ1n) is 8.42. The highest BCUT2D eigenvalue weighted by atomic mass is 16.5. The lowest BCUT2D eigenvalue weighted by Gasteiger charge is -2.33. The lowest BCUT2D eigenvalue weighted by atomic mass is 10.0. The Morgan fingerprint density at radius 2 is 2.27 bits per heavy atom. The molecular formula is C17H24N4O. The number of pyridine rings is 1. The van der Waals surface area contributed by atoms with Crippen LogP contribution in [0.15, 0.2) is 18.3 Å². The fourth-order valence-corrected chi connectivity index (χ4v) is 3.79. The highest BCUT2D eigenvalue weighted by Gasteiger charge is 2.27. The van der Waals surface area contributed by atoms with Gasteiger partial charge >= 0.3 is 0 Å². The minimum absolute atomic E-state index is 0.420. The highest BCUT2D eigenvalue weighted by Crippen LogP contribution is 2.29. The van der Waals surface area contributed by atoms with Gasteiger partial charge in [0.05, 0.1) is 6.61 Å². The molecule has 2 unspecified atom stereocenters. The summed E-state index contributed by atoms with van der Waals surface area (Å²) in [4.78, 5) is 12.0. The third-order valence-corrected chi connectivity index (χ3v) is 5.14. The van der Waals surface area contributed by atoms with Crippen LogP contribution >= 0.6 is 0 Å². The molecule has 0 bridgehead atoms. The number of piperidine rings is 1. The number of rotatable bonds is 3. The minimum Gasteiger partial charge on any atom is -0.381 e. The number of nitrogens with zero attached hydrogens (tertiary/aromatic N) is 4. The minimum atomic E-state index is 0.420. The summed E-state index contributed by atoms with van der Waals surface area (Å²) in [6, 6.07) is 4.64. The van der Waals surface area contributed by atoms with E-state index in [0.717, 1.165) is 37.3 Å². The summed E-state index contributed by atoms with van der Waals surface area (Å²) >= 11 is 0. The van der Waals surface area contributed by atoms with E-state index in [4.69, 9.17) is 9.72 Å². The molecule has 0 amide bonds. The van der Waals surface area contributed by atoms with Crippen molar-refractivity contribution in [2.45, 2.75) is 44.2 Å². The van der Waals surface area contributed by atoms with Crippen LogP contribution in [0.3, 0.4) is 0 Å². The molecule has 2 saturated heterocycles. The van der Waals surface area contributed by atoms with Crippen molar-refractivity contribution >= 4 is 11.2 Å². The van der Waals surface area contributed by atoms with Gasteiger partial charge in [-0.3, -0.25) is 0 Å². The first-order valence-corrected chi connectivity index (χ1v) is 8.42. The van der Waals surface area contributed by atoms with Crippen LogP contribution in [-0.2, 0) is 11.3 Å². The summed E-state index contributed by atoms with van der Waals surface area (Å²) in [6.07, 6.45) is 6.86. The second-order valence-corrected chi connectivity index (χ2v) is 6.62. The molecule has 2 aliphatic heterocycles. The second kappa shape index (κ2) is 5.97. The predicted octanol–water partition coefficient (Wildman–Crippen LogP) is 2.42. The number of likely N-dealkylation sites (N-methyl/N-ethyl adjacent to an activating group) is 1. The highest BCUT2D eigenvalue weighted by molar-refractivity contribution is 5.71. The van der Waals surface area contributed by atoms with Crippen molar-refractivity contribution in [3.05, 3.63) is 24.2 Å². The van der Waals surface area contributed by atoms with Gasteiger partial charge in [0.1, 0.15) is 11.3 Å². The van der Waals surface area contributed by atoms with Crippen molar-refractivity contribution in [2.24, 2.45) is 0 Å². The average molecular weight is 300 g/mol. The first-order chi connectivity index (χ1) is 10.8. The summed E-state index contributed by atoms with van der Waals surface area (Å²) in [7, 11) is 2.24. The molecule has 118 valence electrons. The third-order valence-electron chi connectivity index (χ3n) is 5.14. The van der Waals surface area contributed by atoms with E-state index in [2.05, 4.69) is 27.6 Å². The van der Waals surface area contributed by atoms with E-state index in [1.807, 2.05) is 12.3 Å². The Kier molecular flexibility index (Phi) is 3.84. The summed E-state index contributed by atoms with van der Waals surface area (Å²) < 4.78 is 7.95. The molecule has 0 spiro atoms. The summed E-state index contributed by atoms with van der Waals surface area (Å²) in [5, 5.41) is 0. The quantitative estimate of drug-likeness (QED) is 0.873. The molecule has 2 aliphatic rings. The normalized spacial score (nSPS) is 26.8. The van der Waals surface area contributed by atoms with Crippen LogP contribution in [0.4, 0.5) is 0 Å². The Labute approximate surface area is 131 Å². The van der Waals surface area contributed by atoms with E-state index in [1.54, 1.807) is 0 Å². The molecule has 2 aromatic rings. The standard InChI is InChI=1S/C17H24N4O/c1-20-9-3-2-5-14(20)11-21-16(13-7-10-22-12-13)19-15-6-4-8-18-17(15)21/h4,6,8,13-14H,2-3,5,7,9-12H2,1H3. The van der Waals surface area contributed by atoms with Crippen LogP contribution in [-0.4, -0.2) is 52.3 Å². The third kappa shape index (κ3) is 2.52. The van der Waals surface area contributed by atoms with Crippen molar-refractivity contribution in [3.63, 3.8) is 0 Å². The molecule has 0 aliphatic carbocycles. The van der Waals surface area contributed by atoms with E-state index in [9.17, 15) is 0 Å². The maximum absolute atomic E-state index is 5.59. The fraction of sp³-hybridized carbons (Fsp3) is 0.647. The van der Waals surface area contributed by atoms with Crippen LogP contribution in [0, 0.1) is 0 Å². The van der Waals surface area contributed by atoms with Crippen molar-refractivity contribution in [3.8, 4) is 0 Å². The number of hydrogen-bond donors (Lipinski definition) is 0. The lowest BCUT2D eigenvalue weighted by Crippen LogP contribution is -2.39. The first kappa shape index (κ1) is 14.2. The van der Waals surface area contributed by atoms with Crippen LogP contribution in [0.5, 0.6) is 0 Å². The zero-order chi connectivity index (χ0) is 14.9. The van der Waals surface area contributed by atoms with Crippen LogP contribution in [0.2, 0.25) is 0 Å². The summed E-state index contributed by atoms with van der Waals surface area (Å²) in [5.41, 5.74) is 2.05. The number of fused-ring (bicyclic) bond motifs is 1. The van der Waals surface area contributed by atoms with Gasteiger partial charge in [0.15, 0.2) is 5.65 Å². The van der Waals surface area contributed by atoms with Crippen LogP contribution in [0.1, 0.15) is 37.4 Å². The summed E-state index contributed by atoms with van der Waals surface area (Å²) in [5.74, 6) is 1.59. The molecule has 0 aromatic carbocycles. The van der Waals surface area contributed by atoms with Gasteiger partial charge in [0, 0.05) is 31.3 Å². The van der Waals surface area contributed by atoms with Gasteiger partial charge in [-0.05, 0) is 45.0 Å². The van der Waals surface area contributed by atoms with Gasteiger partial charge in [0.25, 0.3) is 0 Å². The number of hydrogen-bond acceptors (Lipinski definition) is 4. The molecule has 0 N–H and O–H groups in total. The van der Waals surface area contributed by atoms with E-state index in [1.165, 1.54) is 31.6 Å². The molecule has 5 nitrogen and oxygen atoms in total. The molecule has 5 heteroatoms. The SMILES string of the molecule is CN1CCCCC1Cn1c(C2CCOC2)nc2cccnc21. The number of imidazole rings is 1. The number of ether oxygens (including phenoxy) is 1. The Hall–Kier alpha value is -1.46. The van der Waals surface area contributed by atoms with Crippen molar-refractivity contribution in [1.82, 2.24) is 19.4 Å². The fourth-order valence-electron chi connectivity index (χ4n) is 3.79. The zero-order valence-electron chi connectivity index (χ0n) is 13.2. The maximum atomic E-state index is 5.59. The van der Waals surface area contributed by atoms with E-state index >= 15 is 0 Å². The average Bonchev–Trinajstić information content (AvgIpc) is 3.17. The Morgan fingerprint density at radius 1 is 1.32 bits per heavy atom. The van der Waals surface area contributed by atoms with E-state index in [0.29, 0.717) is 12.0 Å². The molecule has 0 saturated carbocycles. The molecule has 2 fully saturated rings. The van der Waals surface area contributed by atoms with Crippen LogP contribution in [0.25, 0.3) is 11.2 Å². The van der Waals surface area contributed by atoms with Crippen molar-refractivity contribution < 1.29 is 4.74 Å². The predicted molar refractivity (Wildman–Crippen MR) is 86.0 cm³/mol. The largest absolute Gasteiger partial charge is 0.381 e. The molecule has 4 rings (SSSR count). The maximum Gasteiger partial charge on any atom is 0.160 e. The van der Waals surface area contributed by atoms with Gasteiger partial charge < -0.3 is 14.2 Å². The van der Waals surface area contributed by atoms with Crippen LogP contribution < -0.4 is 0 Å². The second-order valence-electron chi connectivity index (χ2n) is 6.62. The molecular weight excluding hydrogens is 276 g/mol. The Bertz CT molecular complexity index is 647. The van der Waals surface area contributed by atoms with Gasteiger partial charge in [-0.2, -0.15) is 0 Å². The monoisotopic (exact) mass is 300 g/mol. The Balaban J connectivity index is 1.71. The molecule has 2 aromatic heterocycles. The van der Waals surface area contributed by atoms with Crippen molar-refractivity contribution in [2.75, 3.05) is 26.8 Å². The summed E-state index contributed by atoms with van der Waals surface area (Å²) in [6.45, 7) is 3.84. The van der Waals surface area contributed by atoms with E-state index < -0.39 is 0 Å². The Morgan fingerprint density at radius 3 is 3.09 bits per heavy atom. The molecule has 22 heavy (non-hydrogen) atoms. The number of aromatic nitrogens is 3. The lowest BCUT2D eigenvalue weighted by molar-refractivity contribution is 0.166. The van der Waals surface area contributed by atoms with Gasteiger partial charge in [-0.1, -0.05) is 6.42 Å². The van der Waals surface area contributed by atoms with Gasteiger partial charge in [0.2, 0.25) is 0 Å². The molecule has 4 heterocycles. The van der Waals surface area contributed by atoms with E-state index in [-0.39, 0.29) is 0 Å². The van der Waals surface area contributed by atoms with Gasteiger partial charge in [-0.15, -0.1) is 0 Å². The molecule has 0 radical (unpaired) electrons. The van der Waals surface area contributed by atoms with Crippen molar-refractivity contribution in [1.29, 1.82) is 0 Å².